The smallest absolute Gasteiger partial charge is 0.373 e. The van der Waals surface area contributed by atoms with Gasteiger partial charge >= 0.3 is 11.9 Å². The first-order valence-corrected chi connectivity index (χ1v) is 3.65. The predicted molar refractivity (Wildman–Crippen MR) is 42.6 cm³/mol. The molecule has 1 aromatic heterocycles. The highest BCUT2D eigenvalue weighted by Crippen LogP contribution is 2.17. The van der Waals surface area contributed by atoms with Crippen LogP contribution in [0.3, 0.4) is 0 Å². The second-order valence-electron chi connectivity index (χ2n) is 2.43. The van der Waals surface area contributed by atoms with Crippen molar-refractivity contribution in [1.29, 1.82) is 0 Å². The Morgan fingerprint density at radius 3 is 2.64 bits per heavy atom. The molecule has 0 aliphatic carbocycles. The van der Waals surface area contributed by atoms with Crippen molar-refractivity contribution in [3.63, 3.8) is 0 Å². The summed E-state index contributed by atoms with van der Waals surface area (Å²) < 4.78 is 9.08. The fourth-order valence-corrected chi connectivity index (χ4v) is 0.832. The highest BCUT2D eigenvalue weighted by molar-refractivity contribution is 5.86. The highest BCUT2D eigenvalue weighted by Gasteiger charge is 2.21. The third-order valence-corrected chi connectivity index (χ3v) is 1.52. The van der Waals surface area contributed by atoms with Gasteiger partial charge in [-0.25, -0.2) is 9.59 Å². The van der Waals surface area contributed by atoms with Gasteiger partial charge in [0.15, 0.2) is 0 Å². The standard InChI is InChI=1S/C8H8O6/c1-13-8(12)5-3-2-4(14-5)6(9)7(10)11/h2-3,6,9H,1H3,(H,10,11). The number of carbonyl (C=O) groups is 2. The zero-order valence-corrected chi connectivity index (χ0v) is 7.26. The van der Waals surface area contributed by atoms with Gasteiger partial charge in [-0.1, -0.05) is 0 Å². The van der Waals surface area contributed by atoms with Crippen molar-refractivity contribution in [3.05, 3.63) is 23.7 Å². The molecular formula is C8H8O6. The van der Waals surface area contributed by atoms with Crippen LogP contribution < -0.4 is 0 Å². The number of methoxy groups -OCH3 is 1. The van der Waals surface area contributed by atoms with Crippen LogP contribution in [-0.4, -0.2) is 29.3 Å². The number of rotatable bonds is 3. The van der Waals surface area contributed by atoms with Gasteiger partial charge in [-0.2, -0.15) is 0 Å². The van der Waals surface area contributed by atoms with Crippen LogP contribution in [0, 0.1) is 0 Å². The molecular weight excluding hydrogens is 192 g/mol. The molecule has 76 valence electrons. The van der Waals surface area contributed by atoms with E-state index in [2.05, 4.69) is 4.74 Å². The fourth-order valence-electron chi connectivity index (χ4n) is 0.832. The lowest BCUT2D eigenvalue weighted by Gasteiger charge is -1.99. The van der Waals surface area contributed by atoms with Crippen LogP contribution in [-0.2, 0) is 9.53 Å². The number of hydrogen-bond acceptors (Lipinski definition) is 5. The fraction of sp³-hybridized carbons (Fsp3) is 0.250. The average molecular weight is 200 g/mol. The van der Waals surface area contributed by atoms with E-state index in [-0.39, 0.29) is 11.5 Å². The van der Waals surface area contributed by atoms with Gasteiger partial charge in [-0.15, -0.1) is 0 Å². The van der Waals surface area contributed by atoms with Gasteiger partial charge in [0.1, 0.15) is 5.76 Å². The minimum atomic E-state index is -1.77. The summed E-state index contributed by atoms with van der Waals surface area (Å²) in [6, 6.07) is 2.43. The number of ether oxygens (including phenoxy) is 1. The van der Waals surface area contributed by atoms with Gasteiger partial charge < -0.3 is 19.4 Å². The molecule has 0 amide bonds. The number of carbonyl (C=O) groups excluding carboxylic acids is 1. The zero-order chi connectivity index (χ0) is 10.7. The van der Waals surface area contributed by atoms with E-state index in [1.54, 1.807) is 0 Å². The number of aliphatic hydroxyl groups is 1. The normalized spacial score (nSPS) is 12.1. The lowest BCUT2D eigenvalue weighted by molar-refractivity contribution is -0.147. The van der Waals surface area contributed by atoms with Crippen LogP contribution in [0.4, 0.5) is 0 Å². The van der Waals surface area contributed by atoms with E-state index >= 15 is 0 Å². The molecule has 0 aliphatic rings. The molecule has 0 bridgehead atoms. The molecule has 0 fully saturated rings. The first-order valence-electron chi connectivity index (χ1n) is 3.65. The Morgan fingerprint density at radius 2 is 2.14 bits per heavy atom. The van der Waals surface area contributed by atoms with Crippen LogP contribution in [0.2, 0.25) is 0 Å². The highest BCUT2D eigenvalue weighted by atomic mass is 16.5. The number of aliphatic hydroxyl groups excluding tert-OH is 1. The van der Waals surface area contributed by atoms with Crippen molar-refractivity contribution in [1.82, 2.24) is 0 Å². The maximum absolute atomic E-state index is 10.9. The molecule has 0 aromatic carbocycles. The third kappa shape index (κ3) is 1.91. The number of esters is 1. The van der Waals surface area contributed by atoms with E-state index in [0.717, 1.165) is 7.11 Å². The summed E-state index contributed by atoms with van der Waals surface area (Å²) in [5, 5.41) is 17.4. The Hall–Kier alpha value is -1.82. The van der Waals surface area contributed by atoms with E-state index in [1.807, 2.05) is 0 Å². The minimum absolute atomic E-state index is 0.150. The van der Waals surface area contributed by atoms with Gasteiger partial charge in [-0.3, -0.25) is 0 Å². The Labute approximate surface area is 78.7 Å². The van der Waals surface area contributed by atoms with Crippen LogP contribution in [0.1, 0.15) is 22.4 Å². The molecule has 1 unspecified atom stereocenters. The topological polar surface area (TPSA) is 97.0 Å². The van der Waals surface area contributed by atoms with Gasteiger partial charge in [0.25, 0.3) is 0 Å². The van der Waals surface area contributed by atoms with Gasteiger partial charge in [0.05, 0.1) is 7.11 Å². The quantitative estimate of drug-likeness (QED) is 0.675. The first-order chi connectivity index (χ1) is 6.56. The molecule has 1 aromatic rings. The maximum Gasteiger partial charge on any atom is 0.373 e. The number of carboxylic acids is 1. The summed E-state index contributed by atoms with van der Waals surface area (Å²) in [5.41, 5.74) is 0. The second kappa shape index (κ2) is 3.93. The molecule has 1 atom stereocenters. The van der Waals surface area contributed by atoms with Crippen molar-refractivity contribution < 1.29 is 29.0 Å². The van der Waals surface area contributed by atoms with Crippen molar-refractivity contribution in [3.8, 4) is 0 Å². The van der Waals surface area contributed by atoms with Crippen LogP contribution in [0.5, 0.6) is 0 Å². The molecule has 6 heteroatoms. The zero-order valence-electron chi connectivity index (χ0n) is 7.26. The summed E-state index contributed by atoms with van der Waals surface area (Å²) >= 11 is 0. The molecule has 2 N–H and O–H groups in total. The van der Waals surface area contributed by atoms with Crippen LogP contribution in [0.15, 0.2) is 16.5 Å². The summed E-state index contributed by atoms with van der Waals surface area (Å²) in [5.74, 6) is -2.54. The largest absolute Gasteiger partial charge is 0.479 e. The summed E-state index contributed by atoms with van der Waals surface area (Å²) in [6.45, 7) is 0. The van der Waals surface area contributed by atoms with Crippen molar-refractivity contribution in [2.24, 2.45) is 0 Å². The molecule has 1 rings (SSSR count). The molecule has 0 radical (unpaired) electrons. The number of aliphatic carboxylic acids is 1. The number of hydrogen-bond donors (Lipinski definition) is 2. The van der Waals surface area contributed by atoms with Gasteiger partial charge in [0.2, 0.25) is 11.9 Å². The Bertz CT molecular complexity index is 352. The number of carboxylic acid groups (broad SMARTS) is 1. The van der Waals surface area contributed by atoms with Crippen molar-refractivity contribution >= 4 is 11.9 Å². The molecule has 6 nitrogen and oxygen atoms in total. The van der Waals surface area contributed by atoms with E-state index in [1.165, 1.54) is 12.1 Å². The summed E-state index contributed by atoms with van der Waals surface area (Å²) in [4.78, 5) is 21.2. The molecule has 1 heterocycles. The minimum Gasteiger partial charge on any atom is -0.479 e. The van der Waals surface area contributed by atoms with Crippen molar-refractivity contribution in [2.75, 3.05) is 7.11 Å². The Morgan fingerprint density at radius 1 is 1.50 bits per heavy atom. The monoisotopic (exact) mass is 200 g/mol. The maximum atomic E-state index is 10.9. The summed E-state index contributed by atoms with van der Waals surface area (Å²) in [6.07, 6.45) is -1.77. The predicted octanol–water partition coefficient (Wildman–Crippen LogP) is 0.184. The lowest BCUT2D eigenvalue weighted by Crippen LogP contribution is -2.09. The van der Waals surface area contributed by atoms with Crippen LogP contribution >= 0.6 is 0 Å². The molecule has 14 heavy (non-hydrogen) atoms. The molecule has 0 spiro atoms. The Balaban J connectivity index is 2.88. The molecule has 0 aliphatic heterocycles. The summed E-state index contributed by atoms with van der Waals surface area (Å²) in [7, 11) is 1.16. The average Bonchev–Trinajstić information content (AvgIpc) is 2.64. The van der Waals surface area contributed by atoms with E-state index < -0.39 is 18.0 Å². The molecule has 0 saturated carbocycles. The van der Waals surface area contributed by atoms with Crippen LogP contribution in [0.25, 0.3) is 0 Å². The van der Waals surface area contributed by atoms with Gasteiger partial charge in [-0.05, 0) is 12.1 Å². The van der Waals surface area contributed by atoms with E-state index in [9.17, 15) is 9.59 Å². The second-order valence-corrected chi connectivity index (χ2v) is 2.43. The lowest BCUT2D eigenvalue weighted by atomic mass is 10.3. The van der Waals surface area contributed by atoms with Gasteiger partial charge in [0, 0.05) is 0 Å². The SMILES string of the molecule is COC(=O)c1ccc(C(O)C(=O)O)o1. The van der Waals surface area contributed by atoms with E-state index in [4.69, 9.17) is 14.6 Å². The number of furan rings is 1. The first kappa shape index (κ1) is 10.3. The van der Waals surface area contributed by atoms with E-state index in [0.29, 0.717) is 0 Å². The Kier molecular flexibility index (Phi) is 2.88. The van der Waals surface area contributed by atoms with Crippen molar-refractivity contribution in [2.45, 2.75) is 6.10 Å². The molecule has 0 saturated heterocycles. The third-order valence-electron chi connectivity index (χ3n) is 1.52.